The van der Waals surface area contributed by atoms with Crippen LogP contribution in [0.2, 0.25) is 0 Å². The van der Waals surface area contributed by atoms with Gasteiger partial charge < -0.3 is 4.74 Å². The summed E-state index contributed by atoms with van der Waals surface area (Å²) in [5.74, 6) is -1.09. The molecule has 1 heterocycles. The zero-order valence-electron chi connectivity index (χ0n) is 15.3. The van der Waals surface area contributed by atoms with E-state index < -0.39 is 11.5 Å². The molecule has 0 radical (unpaired) electrons. The number of carbonyl (C=O) groups excluding carboxylic acids is 2. The Kier molecular flexibility index (Phi) is 5.87. The Hall–Kier alpha value is -2.42. The SMILES string of the molecule is CCCCCC1(c2ccccc2)CC(=O)C(Cc2ccccc2)C(=O)O1. The predicted octanol–water partition coefficient (Wildman–Crippen LogP) is 4.84. The van der Waals surface area contributed by atoms with Crippen molar-refractivity contribution in [1.29, 1.82) is 0 Å². The number of carbonyl (C=O) groups is 2. The Labute approximate surface area is 155 Å². The van der Waals surface area contributed by atoms with Crippen LogP contribution in [0, 0.1) is 5.92 Å². The molecule has 2 unspecified atom stereocenters. The second-order valence-electron chi connectivity index (χ2n) is 7.12. The Morgan fingerprint density at radius 1 is 0.962 bits per heavy atom. The van der Waals surface area contributed by atoms with Crippen LogP contribution in [-0.4, -0.2) is 11.8 Å². The molecule has 1 saturated heterocycles. The number of hydrogen-bond acceptors (Lipinski definition) is 3. The van der Waals surface area contributed by atoms with E-state index in [4.69, 9.17) is 4.74 Å². The average Bonchev–Trinajstić information content (AvgIpc) is 2.66. The third-order valence-electron chi connectivity index (χ3n) is 5.20. The highest BCUT2D eigenvalue weighted by molar-refractivity contribution is 6.02. The van der Waals surface area contributed by atoms with Gasteiger partial charge in [0, 0.05) is 0 Å². The van der Waals surface area contributed by atoms with Gasteiger partial charge in [-0.05, 0) is 30.4 Å². The van der Waals surface area contributed by atoms with Crippen LogP contribution in [0.3, 0.4) is 0 Å². The summed E-state index contributed by atoms with van der Waals surface area (Å²) >= 11 is 0. The quantitative estimate of drug-likeness (QED) is 0.408. The van der Waals surface area contributed by atoms with Crippen molar-refractivity contribution >= 4 is 11.8 Å². The van der Waals surface area contributed by atoms with Crippen LogP contribution in [-0.2, 0) is 26.3 Å². The molecule has 3 rings (SSSR count). The van der Waals surface area contributed by atoms with Crippen LogP contribution in [0.5, 0.6) is 0 Å². The van der Waals surface area contributed by atoms with E-state index in [0.717, 1.165) is 30.4 Å². The van der Waals surface area contributed by atoms with Gasteiger partial charge in [-0.25, -0.2) is 0 Å². The van der Waals surface area contributed by atoms with Crippen LogP contribution >= 0.6 is 0 Å². The topological polar surface area (TPSA) is 43.4 Å². The Bertz CT molecular complexity index is 719. The van der Waals surface area contributed by atoms with Crippen LogP contribution in [0.1, 0.15) is 50.2 Å². The van der Waals surface area contributed by atoms with Gasteiger partial charge in [-0.1, -0.05) is 80.4 Å². The highest BCUT2D eigenvalue weighted by atomic mass is 16.6. The zero-order valence-corrected chi connectivity index (χ0v) is 15.3. The first-order valence-corrected chi connectivity index (χ1v) is 9.49. The zero-order chi connectivity index (χ0) is 18.4. The number of ether oxygens (including phenoxy) is 1. The average molecular weight is 350 g/mol. The number of benzene rings is 2. The molecule has 0 spiro atoms. The fraction of sp³-hybridized carbons (Fsp3) is 0.391. The maximum Gasteiger partial charge on any atom is 0.317 e. The molecular weight excluding hydrogens is 324 g/mol. The molecule has 0 amide bonds. The molecule has 1 fully saturated rings. The summed E-state index contributed by atoms with van der Waals surface area (Å²) in [6.07, 6.45) is 4.47. The van der Waals surface area contributed by atoms with E-state index in [1.54, 1.807) is 0 Å². The normalized spacial score (nSPS) is 22.9. The monoisotopic (exact) mass is 350 g/mol. The Morgan fingerprint density at radius 2 is 1.62 bits per heavy atom. The second-order valence-corrected chi connectivity index (χ2v) is 7.12. The molecule has 2 aromatic rings. The summed E-state index contributed by atoms with van der Waals surface area (Å²) in [6, 6.07) is 19.4. The highest BCUT2D eigenvalue weighted by Gasteiger charge is 2.47. The van der Waals surface area contributed by atoms with E-state index in [1.807, 2.05) is 60.7 Å². The van der Waals surface area contributed by atoms with Gasteiger partial charge in [0.05, 0.1) is 6.42 Å². The lowest BCUT2D eigenvalue weighted by molar-refractivity contribution is -0.180. The van der Waals surface area contributed by atoms with Crippen LogP contribution in [0.25, 0.3) is 0 Å². The van der Waals surface area contributed by atoms with E-state index in [2.05, 4.69) is 6.92 Å². The molecule has 136 valence electrons. The second kappa shape index (κ2) is 8.31. The summed E-state index contributed by atoms with van der Waals surface area (Å²) in [6.45, 7) is 2.14. The van der Waals surface area contributed by atoms with E-state index in [1.165, 1.54) is 0 Å². The van der Waals surface area contributed by atoms with Gasteiger partial charge >= 0.3 is 5.97 Å². The number of rotatable bonds is 7. The summed E-state index contributed by atoms with van der Waals surface area (Å²) in [5.41, 5.74) is 1.11. The summed E-state index contributed by atoms with van der Waals surface area (Å²) in [5, 5.41) is 0. The molecular formula is C23H26O3. The molecule has 3 nitrogen and oxygen atoms in total. The molecule has 26 heavy (non-hydrogen) atoms. The summed E-state index contributed by atoms with van der Waals surface area (Å²) in [7, 11) is 0. The molecule has 2 aromatic carbocycles. The van der Waals surface area contributed by atoms with Crippen molar-refractivity contribution in [3.8, 4) is 0 Å². The lowest BCUT2D eigenvalue weighted by Crippen LogP contribution is -2.46. The van der Waals surface area contributed by atoms with Crippen molar-refractivity contribution in [2.45, 2.75) is 51.0 Å². The van der Waals surface area contributed by atoms with Crippen molar-refractivity contribution in [2.75, 3.05) is 0 Å². The van der Waals surface area contributed by atoms with Crippen molar-refractivity contribution in [3.63, 3.8) is 0 Å². The fourth-order valence-corrected chi connectivity index (χ4v) is 3.73. The molecule has 0 aliphatic carbocycles. The standard InChI is InChI=1S/C23H26O3/c1-2-3-10-15-23(19-13-8-5-9-14-19)17-21(24)20(22(25)26-23)16-18-11-6-4-7-12-18/h4-9,11-14,20H,2-3,10,15-17H2,1H3. The molecule has 0 bridgehead atoms. The van der Waals surface area contributed by atoms with E-state index in [-0.39, 0.29) is 18.2 Å². The van der Waals surface area contributed by atoms with Gasteiger partial charge in [-0.2, -0.15) is 0 Å². The van der Waals surface area contributed by atoms with E-state index in [9.17, 15) is 9.59 Å². The fourth-order valence-electron chi connectivity index (χ4n) is 3.73. The van der Waals surface area contributed by atoms with Gasteiger partial charge in [0.2, 0.25) is 0 Å². The summed E-state index contributed by atoms with van der Waals surface area (Å²) in [4.78, 5) is 25.7. The van der Waals surface area contributed by atoms with Crippen molar-refractivity contribution in [2.24, 2.45) is 5.92 Å². The minimum absolute atomic E-state index is 0.00884. The van der Waals surface area contributed by atoms with Crippen molar-refractivity contribution < 1.29 is 14.3 Å². The van der Waals surface area contributed by atoms with Crippen LogP contribution in [0.15, 0.2) is 60.7 Å². The number of Topliss-reactive ketones (excluding diaryl/α,β-unsaturated/α-hetero) is 1. The third-order valence-corrected chi connectivity index (χ3v) is 5.20. The molecule has 0 aromatic heterocycles. The van der Waals surface area contributed by atoms with Gasteiger partial charge in [0.15, 0.2) is 5.78 Å². The first-order valence-electron chi connectivity index (χ1n) is 9.49. The maximum atomic E-state index is 12.9. The lowest BCUT2D eigenvalue weighted by Gasteiger charge is -2.39. The molecule has 2 atom stereocenters. The van der Waals surface area contributed by atoms with Crippen molar-refractivity contribution in [1.82, 2.24) is 0 Å². The number of unbranched alkanes of at least 4 members (excludes halogenated alkanes) is 2. The number of esters is 1. The van der Waals surface area contributed by atoms with Gasteiger partial charge in [0.25, 0.3) is 0 Å². The number of hydrogen-bond donors (Lipinski definition) is 0. The minimum Gasteiger partial charge on any atom is -0.453 e. The van der Waals surface area contributed by atoms with Crippen molar-refractivity contribution in [3.05, 3.63) is 71.8 Å². The predicted molar refractivity (Wildman–Crippen MR) is 102 cm³/mol. The molecule has 1 aliphatic rings. The first-order chi connectivity index (χ1) is 12.6. The smallest absolute Gasteiger partial charge is 0.317 e. The van der Waals surface area contributed by atoms with E-state index in [0.29, 0.717) is 12.8 Å². The van der Waals surface area contributed by atoms with Gasteiger partial charge in [0.1, 0.15) is 11.5 Å². The van der Waals surface area contributed by atoms with E-state index >= 15 is 0 Å². The van der Waals surface area contributed by atoms with Gasteiger partial charge in [-0.3, -0.25) is 9.59 Å². The molecule has 0 saturated carbocycles. The lowest BCUT2D eigenvalue weighted by atomic mass is 9.77. The molecule has 3 heteroatoms. The Morgan fingerprint density at radius 3 is 2.23 bits per heavy atom. The summed E-state index contributed by atoms with van der Waals surface area (Å²) < 4.78 is 6.00. The third kappa shape index (κ3) is 4.04. The van der Waals surface area contributed by atoms with Crippen LogP contribution in [0.4, 0.5) is 0 Å². The number of ketones is 1. The minimum atomic E-state index is -0.808. The highest BCUT2D eigenvalue weighted by Crippen LogP contribution is 2.41. The van der Waals surface area contributed by atoms with Crippen LogP contribution < -0.4 is 0 Å². The largest absolute Gasteiger partial charge is 0.453 e. The molecule has 0 N–H and O–H groups in total. The maximum absolute atomic E-state index is 12.9. The Balaban J connectivity index is 1.82. The number of cyclic esters (lactones) is 1. The first kappa shape index (κ1) is 18.4. The molecule has 1 aliphatic heterocycles. The van der Waals surface area contributed by atoms with Gasteiger partial charge in [-0.15, -0.1) is 0 Å².